The van der Waals surface area contributed by atoms with Crippen molar-refractivity contribution >= 4 is 48.8 Å². The van der Waals surface area contributed by atoms with E-state index in [1.165, 1.54) is 24.3 Å². The van der Waals surface area contributed by atoms with Crippen molar-refractivity contribution in [2.75, 3.05) is 5.32 Å². The molecule has 12 heteroatoms. The van der Waals surface area contributed by atoms with Crippen LogP contribution in [0.2, 0.25) is 5.02 Å². The first-order valence-corrected chi connectivity index (χ1v) is 17.4. The van der Waals surface area contributed by atoms with E-state index in [-0.39, 0.29) is 45.9 Å². The van der Waals surface area contributed by atoms with E-state index >= 15 is 0 Å². The number of nitrogens with zero attached hydrogens (tertiary/aromatic N) is 1. The largest absolute Gasteiger partial charge is 1.00 e. The molecule has 3 N–H and O–H groups in total. The molecule has 0 aliphatic heterocycles. The van der Waals surface area contributed by atoms with Gasteiger partial charge in [-0.05, 0) is 107 Å². The van der Waals surface area contributed by atoms with Crippen LogP contribution >= 0.6 is 11.6 Å². The average molecular weight is 698 g/mol. The number of aryl methyl sites for hydroxylation is 1. The molecule has 0 atom stereocenters. The Labute approximate surface area is 302 Å². The maximum atomic E-state index is 11.5. The first kappa shape index (κ1) is 36.5. The SMILES string of the molecule is CC1=C/C(=C(\c2ccc(NCc3cccc(S(=O)(=O)O)c3)c(C)c2)c2ccccc2Cl)C=CC1=NCc1cccc(S(=O)(=O)O)c1.[Na+]. The van der Waals surface area contributed by atoms with Gasteiger partial charge in [0.25, 0.3) is 20.2 Å². The van der Waals surface area contributed by atoms with Gasteiger partial charge in [-0.15, -0.1) is 0 Å². The Morgan fingerprint density at radius 1 is 0.787 bits per heavy atom. The monoisotopic (exact) mass is 697 g/mol. The smallest absolute Gasteiger partial charge is 0.381 e. The topological polar surface area (TPSA) is 133 Å². The van der Waals surface area contributed by atoms with Crippen molar-refractivity contribution in [2.24, 2.45) is 4.99 Å². The molecule has 4 aromatic rings. The Morgan fingerprint density at radius 2 is 1.43 bits per heavy atom. The van der Waals surface area contributed by atoms with Crippen molar-refractivity contribution in [1.82, 2.24) is 0 Å². The summed E-state index contributed by atoms with van der Waals surface area (Å²) in [4.78, 5) is 4.36. The van der Waals surface area contributed by atoms with Gasteiger partial charge in [0.2, 0.25) is 0 Å². The molecule has 5 rings (SSSR count). The Morgan fingerprint density at radius 3 is 2.04 bits per heavy atom. The third kappa shape index (κ3) is 9.19. The zero-order valence-electron chi connectivity index (χ0n) is 26.0. The average Bonchev–Trinajstić information content (AvgIpc) is 3.01. The zero-order valence-corrected chi connectivity index (χ0v) is 30.4. The molecule has 0 saturated heterocycles. The molecular weight excluding hydrogens is 667 g/mol. The molecule has 4 aromatic carbocycles. The molecule has 0 fully saturated rings. The number of anilines is 1. The number of hydrogen-bond acceptors (Lipinski definition) is 6. The summed E-state index contributed by atoms with van der Waals surface area (Å²) in [6.07, 6.45) is 5.93. The molecule has 1 aliphatic rings. The van der Waals surface area contributed by atoms with E-state index in [4.69, 9.17) is 11.6 Å². The van der Waals surface area contributed by atoms with Crippen LogP contribution in [0, 0.1) is 6.92 Å². The number of aliphatic imine (C=N–C) groups is 1. The van der Waals surface area contributed by atoms with E-state index in [9.17, 15) is 25.9 Å². The Hall–Kier alpha value is -3.32. The van der Waals surface area contributed by atoms with Crippen LogP contribution in [0.3, 0.4) is 0 Å². The summed E-state index contributed by atoms with van der Waals surface area (Å²) in [6, 6.07) is 25.9. The van der Waals surface area contributed by atoms with E-state index in [1.807, 2.05) is 68.5 Å². The van der Waals surface area contributed by atoms with Crippen LogP contribution in [0.25, 0.3) is 5.57 Å². The van der Waals surface area contributed by atoms with Crippen LogP contribution < -0.4 is 34.9 Å². The maximum Gasteiger partial charge on any atom is 1.00 e. The predicted octanol–water partition coefficient (Wildman–Crippen LogP) is 4.72. The van der Waals surface area contributed by atoms with Gasteiger partial charge in [-0.25, -0.2) is 0 Å². The van der Waals surface area contributed by atoms with Crippen LogP contribution in [-0.4, -0.2) is 31.7 Å². The van der Waals surface area contributed by atoms with Gasteiger partial charge in [0.1, 0.15) is 0 Å². The number of rotatable bonds is 9. The fourth-order valence-corrected chi connectivity index (χ4v) is 6.47. The van der Waals surface area contributed by atoms with Gasteiger partial charge in [-0.1, -0.05) is 66.2 Å². The number of benzene rings is 4. The van der Waals surface area contributed by atoms with Crippen LogP contribution in [-0.2, 0) is 33.3 Å². The van der Waals surface area contributed by atoms with Gasteiger partial charge in [-0.3, -0.25) is 14.1 Å². The van der Waals surface area contributed by atoms with Crippen LogP contribution in [0.15, 0.2) is 135 Å². The molecule has 0 radical (unpaired) electrons. The summed E-state index contributed by atoms with van der Waals surface area (Å²) in [5.74, 6) is 0. The fraction of sp³-hybridized carbons (Fsp3) is 0.114. The first-order valence-electron chi connectivity index (χ1n) is 14.2. The third-order valence-electron chi connectivity index (χ3n) is 7.45. The van der Waals surface area contributed by atoms with Crippen molar-refractivity contribution in [1.29, 1.82) is 0 Å². The molecule has 1 aliphatic carbocycles. The minimum Gasteiger partial charge on any atom is -0.381 e. The third-order valence-corrected chi connectivity index (χ3v) is 9.48. The van der Waals surface area contributed by atoms with E-state index < -0.39 is 20.2 Å². The van der Waals surface area contributed by atoms with Crippen molar-refractivity contribution in [2.45, 2.75) is 36.7 Å². The molecule has 236 valence electrons. The standard InChI is InChI=1S/C35H31ClN2O6S2.Na/c1-23-17-27(13-15-33(23)37-21-25-7-5-9-29(19-25)45(39,40)41)35(31-11-3-4-12-32(31)36)28-14-16-34(24(2)18-28)38-22-26-8-6-10-30(20-26)46(42,43)44;/h3-20,37H,21-22H2,1-2H3,(H,39,40,41)(H,42,43,44);/q;+1/b35-28+,38-34?;. The van der Waals surface area contributed by atoms with E-state index in [2.05, 4.69) is 16.4 Å². The molecule has 0 bridgehead atoms. The summed E-state index contributed by atoms with van der Waals surface area (Å²) >= 11 is 6.71. The van der Waals surface area contributed by atoms with E-state index in [1.54, 1.807) is 24.3 Å². The second-order valence-electron chi connectivity index (χ2n) is 10.8. The molecule has 47 heavy (non-hydrogen) atoms. The number of hydrogen-bond donors (Lipinski definition) is 3. The minimum atomic E-state index is -4.30. The molecule has 0 spiro atoms. The Balaban J connectivity index is 0.00000500. The second kappa shape index (κ2) is 15.3. The number of halogens is 1. The van der Waals surface area contributed by atoms with Gasteiger partial charge in [-0.2, -0.15) is 16.8 Å². The summed E-state index contributed by atoms with van der Waals surface area (Å²) in [5.41, 5.74) is 8.49. The Bertz CT molecular complexity index is 2180. The zero-order chi connectivity index (χ0) is 33.1. The Kier molecular flexibility index (Phi) is 11.9. The number of allylic oxidation sites excluding steroid dienone is 5. The summed E-state index contributed by atoms with van der Waals surface area (Å²) < 4.78 is 64.9. The number of nitrogens with one attached hydrogen (secondary N) is 1. The molecular formula is C35H31ClN2NaO6S2+. The van der Waals surface area contributed by atoms with Crippen LogP contribution in [0.4, 0.5) is 5.69 Å². The van der Waals surface area contributed by atoms with Gasteiger partial charge >= 0.3 is 29.6 Å². The first-order chi connectivity index (χ1) is 21.8. The molecule has 0 unspecified atom stereocenters. The van der Waals surface area contributed by atoms with Crippen molar-refractivity contribution in [3.63, 3.8) is 0 Å². The van der Waals surface area contributed by atoms with Crippen LogP contribution in [0.1, 0.15) is 34.7 Å². The molecule has 0 aromatic heterocycles. The van der Waals surface area contributed by atoms with Crippen molar-refractivity contribution < 1.29 is 55.5 Å². The summed E-state index contributed by atoms with van der Waals surface area (Å²) in [5, 5.41) is 3.95. The van der Waals surface area contributed by atoms with Gasteiger partial charge < -0.3 is 5.32 Å². The van der Waals surface area contributed by atoms with Crippen molar-refractivity contribution in [3.05, 3.63) is 153 Å². The van der Waals surface area contributed by atoms with E-state index in [0.29, 0.717) is 22.7 Å². The maximum absolute atomic E-state index is 11.5. The van der Waals surface area contributed by atoms with Gasteiger partial charge in [0.05, 0.1) is 22.0 Å². The van der Waals surface area contributed by atoms with Gasteiger partial charge in [0, 0.05) is 22.8 Å². The normalized spacial score (nSPS) is 15.2. The van der Waals surface area contributed by atoms with Crippen molar-refractivity contribution in [3.8, 4) is 0 Å². The molecule has 0 amide bonds. The minimum absolute atomic E-state index is 0. The van der Waals surface area contributed by atoms with E-state index in [0.717, 1.165) is 44.8 Å². The molecule has 8 nitrogen and oxygen atoms in total. The van der Waals surface area contributed by atoms with Gasteiger partial charge in [0.15, 0.2) is 0 Å². The predicted molar refractivity (Wildman–Crippen MR) is 183 cm³/mol. The molecule has 0 heterocycles. The fourth-order valence-electron chi connectivity index (χ4n) is 5.14. The van der Waals surface area contributed by atoms with Crippen LogP contribution in [0.5, 0.6) is 0 Å². The second-order valence-corrected chi connectivity index (χ2v) is 14.1. The summed E-state index contributed by atoms with van der Waals surface area (Å²) in [7, 11) is -8.60. The quantitative estimate of drug-likeness (QED) is 0.170. The summed E-state index contributed by atoms with van der Waals surface area (Å²) in [6.45, 7) is 4.53. The molecule has 0 saturated carbocycles.